The van der Waals surface area contributed by atoms with Crippen LogP contribution in [-0.4, -0.2) is 57.7 Å². The summed E-state index contributed by atoms with van der Waals surface area (Å²) in [6.07, 6.45) is 1.41. The minimum absolute atomic E-state index is 0.182. The number of benzene rings is 1. The van der Waals surface area contributed by atoms with Gasteiger partial charge in [0.25, 0.3) is 0 Å². The second-order valence-corrected chi connectivity index (χ2v) is 4.78. The molecule has 0 aromatic heterocycles. The molecular formula is C15H23NO6. The van der Waals surface area contributed by atoms with Crippen molar-refractivity contribution in [3.05, 3.63) is 35.9 Å². The molecule has 0 saturated carbocycles. The Morgan fingerprint density at radius 3 is 2.14 bits per heavy atom. The van der Waals surface area contributed by atoms with Crippen molar-refractivity contribution < 1.29 is 30.0 Å². The van der Waals surface area contributed by atoms with Gasteiger partial charge in [0.05, 0.1) is 12.7 Å². The predicted molar refractivity (Wildman–Crippen MR) is 80.6 cm³/mol. The van der Waals surface area contributed by atoms with Gasteiger partial charge in [0.15, 0.2) is 0 Å². The van der Waals surface area contributed by atoms with E-state index >= 15 is 0 Å². The third kappa shape index (κ3) is 10.8. The minimum Gasteiger partial charge on any atom is -0.473 e. The Morgan fingerprint density at radius 2 is 1.68 bits per heavy atom. The van der Waals surface area contributed by atoms with Crippen LogP contribution >= 0.6 is 0 Å². The summed E-state index contributed by atoms with van der Waals surface area (Å²) in [6, 6.07) is 10.7. The molecule has 5 N–H and O–H groups in total. The fraction of sp³-hybridized carbons (Fsp3) is 0.467. The number of carbonyl (C=O) groups is 2. The number of hydrogen-bond donors (Lipinski definition) is 5. The lowest BCUT2D eigenvalue weighted by molar-refractivity contribution is -0.159. The fourth-order valence-electron chi connectivity index (χ4n) is 1.53. The van der Waals surface area contributed by atoms with Crippen molar-refractivity contribution in [2.45, 2.75) is 31.9 Å². The molecule has 0 radical (unpaired) electrons. The van der Waals surface area contributed by atoms with Gasteiger partial charge in [0.1, 0.15) is 0 Å². The van der Waals surface area contributed by atoms with E-state index in [2.05, 4.69) is 24.4 Å². The number of rotatable bonds is 7. The van der Waals surface area contributed by atoms with Crippen LogP contribution in [0.1, 0.15) is 18.9 Å². The van der Waals surface area contributed by atoms with E-state index in [0.29, 0.717) is 12.6 Å². The van der Waals surface area contributed by atoms with Crippen LogP contribution < -0.4 is 5.32 Å². The summed E-state index contributed by atoms with van der Waals surface area (Å²) in [6.45, 7) is 2.36. The van der Waals surface area contributed by atoms with Gasteiger partial charge in [-0.3, -0.25) is 0 Å². The van der Waals surface area contributed by atoms with Crippen LogP contribution in [0.2, 0.25) is 0 Å². The maximum Gasteiger partial charge on any atom is 0.414 e. The molecule has 0 fully saturated rings. The molecule has 2 unspecified atom stereocenters. The van der Waals surface area contributed by atoms with E-state index in [0.717, 1.165) is 12.8 Å². The van der Waals surface area contributed by atoms with Crippen LogP contribution in [0, 0.1) is 0 Å². The summed E-state index contributed by atoms with van der Waals surface area (Å²) in [7, 11) is 0. The molecule has 1 rings (SSSR count). The molecular weight excluding hydrogens is 290 g/mol. The van der Waals surface area contributed by atoms with Crippen LogP contribution in [0.5, 0.6) is 0 Å². The molecule has 124 valence electrons. The first-order chi connectivity index (χ1) is 10.4. The predicted octanol–water partition coefficient (Wildman–Crippen LogP) is 0.106. The zero-order valence-corrected chi connectivity index (χ0v) is 12.5. The first-order valence-corrected chi connectivity index (χ1v) is 6.89. The van der Waals surface area contributed by atoms with Gasteiger partial charge in [0, 0.05) is 12.6 Å². The summed E-state index contributed by atoms with van der Waals surface area (Å²) in [4.78, 5) is 18.2. The van der Waals surface area contributed by atoms with E-state index in [9.17, 15) is 5.11 Å². The first-order valence-electron chi connectivity index (χ1n) is 6.89. The van der Waals surface area contributed by atoms with Gasteiger partial charge in [-0.15, -0.1) is 0 Å². The molecule has 2 atom stereocenters. The smallest absolute Gasteiger partial charge is 0.414 e. The zero-order chi connectivity index (χ0) is 17.0. The molecule has 0 amide bonds. The minimum atomic E-state index is -1.82. The van der Waals surface area contributed by atoms with Crippen LogP contribution in [0.15, 0.2) is 30.3 Å². The Labute approximate surface area is 129 Å². The summed E-state index contributed by atoms with van der Waals surface area (Å²) in [5, 5.41) is 35.8. The van der Waals surface area contributed by atoms with E-state index in [1.54, 1.807) is 0 Å². The molecule has 0 aliphatic rings. The molecule has 1 aromatic carbocycles. The van der Waals surface area contributed by atoms with E-state index < -0.39 is 18.0 Å². The lowest BCUT2D eigenvalue weighted by Gasteiger charge is -2.15. The maximum absolute atomic E-state index is 9.18. The Bertz CT molecular complexity index is 425. The third-order valence-corrected chi connectivity index (χ3v) is 2.80. The number of carboxylic acid groups (broad SMARTS) is 2. The molecule has 0 aliphatic heterocycles. The van der Waals surface area contributed by atoms with Gasteiger partial charge in [-0.05, 0) is 25.3 Å². The molecule has 0 aliphatic carbocycles. The highest BCUT2D eigenvalue weighted by Gasteiger charge is 2.06. The number of hydrogen-bond acceptors (Lipinski definition) is 5. The summed E-state index contributed by atoms with van der Waals surface area (Å²) in [5.41, 5.74) is 1.33. The largest absolute Gasteiger partial charge is 0.473 e. The highest BCUT2D eigenvalue weighted by Crippen LogP contribution is 2.04. The number of aryl methyl sites for hydroxylation is 1. The molecule has 7 heteroatoms. The summed E-state index contributed by atoms with van der Waals surface area (Å²) < 4.78 is 0. The lowest BCUT2D eigenvalue weighted by Crippen LogP contribution is -2.35. The number of aliphatic carboxylic acids is 2. The second-order valence-electron chi connectivity index (χ2n) is 4.78. The third-order valence-electron chi connectivity index (χ3n) is 2.80. The topological polar surface area (TPSA) is 127 Å². The average Bonchev–Trinajstić information content (AvgIpc) is 2.52. The van der Waals surface area contributed by atoms with Crippen LogP contribution in [-0.2, 0) is 16.0 Å². The molecule has 0 heterocycles. The summed E-state index contributed by atoms with van der Waals surface area (Å²) >= 11 is 0. The number of nitrogens with one attached hydrogen (secondary N) is 1. The Hall–Kier alpha value is -1.96. The quantitative estimate of drug-likeness (QED) is 0.452. The average molecular weight is 313 g/mol. The van der Waals surface area contributed by atoms with Crippen molar-refractivity contribution in [2.75, 3.05) is 13.2 Å². The molecule has 0 bridgehead atoms. The van der Waals surface area contributed by atoms with Gasteiger partial charge in [0.2, 0.25) is 0 Å². The van der Waals surface area contributed by atoms with Gasteiger partial charge >= 0.3 is 11.9 Å². The normalized spacial score (nSPS) is 12.7. The van der Waals surface area contributed by atoms with Crippen molar-refractivity contribution in [3.63, 3.8) is 0 Å². The van der Waals surface area contributed by atoms with Crippen molar-refractivity contribution >= 4 is 11.9 Å². The number of aliphatic hydroxyl groups is 2. The van der Waals surface area contributed by atoms with E-state index in [4.69, 9.17) is 24.9 Å². The van der Waals surface area contributed by atoms with Crippen molar-refractivity contribution in [3.8, 4) is 0 Å². The van der Waals surface area contributed by atoms with E-state index in [1.165, 1.54) is 5.56 Å². The van der Waals surface area contributed by atoms with Gasteiger partial charge in [-0.25, -0.2) is 9.59 Å². The fourth-order valence-corrected chi connectivity index (χ4v) is 1.53. The molecule has 7 nitrogen and oxygen atoms in total. The van der Waals surface area contributed by atoms with Crippen LogP contribution in [0.3, 0.4) is 0 Å². The second kappa shape index (κ2) is 11.7. The monoisotopic (exact) mass is 313 g/mol. The Kier molecular flexibility index (Phi) is 10.6. The van der Waals surface area contributed by atoms with Crippen LogP contribution in [0.25, 0.3) is 0 Å². The van der Waals surface area contributed by atoms with Crippen LogP contribution in [0.4, 0.5) is 0 Å². The van der Waals surface area contributed by atoms with Gasteiger partial charge in [-0.1, -0.05) is 30.3 Å². The molecule has 1 aromatic rings. The number of carboxylic acids is 2. The van der Waals surface area contributed by atoms with E-state index in [-0.39, 0.29) is 6.61 Å². The standard InChI is InChI=1S/C13H21NO2.C2H2O4/c1-11(14-9-13(16)10-15)7-8-12-5-3-2-4-6-12;3-1(4)2(5)6/h2-6,11,13-16H,7-10H2,1H3;(H,3,4)(H,5,6). The summed E-state index contributed by atoms with van der Waals surface area (Å²) in [5.74, 6) is -3.65. The zero-order valence-electron chi connectivity index (χ0n) is 12.5. The van der Waals surface area contributed by atoms with Gasteiger partial charge in [-0.2, -0.15) is 0 Å². The Balaban J connectivity index is 0.000000626. The molecule has 0 spiro atoms. The molecule has 22 heavy (non-hydrogen) atoms. The Morgan fingerprint density at radius 1 is 1.14 bits per heavy atom. The van der Waals surface area contributed by atoms with Crippen molar-refractivity contribution in [1.82, 2.24) is 5.32 Å². The highest BCUT2D eigenvalue weighted by molar-refractivity contribution is 6.27. The van der Waals surface area contributed by atoms with E-state index in [1.807, 2.05) is 18.2 Å². The van der Waals surface area contributed by atoms with Gasteiger partial charge < -0.3 is 25.7 Å². The highest BCUT2D eigenvalue weighted by atomic mass is 16.4. The van der Waals surface area contributed by atoms with Crippen molar-refractivity contribution in [1.29, 1.82) is 0 Å². The lowest BCUT2D eigenvalue weighted by atomic mass is 10.1. The van der Waals surface area contributed by atoms with Crippen molar-refractivity contribution in [2.24, 2.45) is 0 Å². The maximum atomic E-state index is 9.18. The molecule has 0 saturated heterocycles. The first kappa shape index (κ1) is 20.0. The number of aliphatic hydroxyl groups excluding tert-OH is 2. The SMILES string of the molecule is CC(CCc1ccccc1)NCC(O)CO.O=C(O)C(=O)O.